The zero-order valence-corrected chi connectivity index (χ0v) is 9.76. The summed E-state index contributed by atoms with van der Waals surface area (Å²) in [5, 5.41) is 11.4. The summed E-state index contributed by atoms with van der Waals surface area (Å²) in [6, 6.07) is 0.718. The third-order valence-electron chi connectivity index (χ3n) is 2.78. The minimum atomic E-state index is 0.611. The van der Waals surface area contributed by atoms with Gasteiger partial charge in [0.25, 0.3) is 0 Å². The van der Waals surface area contributed by atoms with Crippen LogP contribution in [0, 0.1) is 0 Å². The molecule has 6 nitrogen and oxygen atoms in total. The highest BCUT2D eigenvalue weighted by Crippen LogP contribution is 2.18. The van der Waals surface area contributed by atoms with Gasteiger partial charge in [0.1, 0.15) is 0 Å². The molecule has 2 aromatic heterocycles. The molecule has 0 spiro atoms. The van der Waals surface area contributed by atoms with E-state index in [1.165, 1.54) is 12.8 Å². The van der Waals surface area contributed by atoms with Crippen molar-refractivity contribution in [2.45, 2.75) is 25.3 Å². The molecule has 2 heterocycles. The van der Waals surface area contributed by atoms with Crippen LogP contribution in [0.2, 0.25) is 0 Å². The highest BCUT2D eigenvalue weighted by molar-refractivity contribution is 5.50. The Morgan fingerprint density at radius 1 is 1.53 bits per heavy atom. The Bertz CT molecular complexity index is 499. The fourth-order valence-electron chi connectivity index (χ4n) is 1.68. The molecule has 6 heteroatoms. The van der Waals surface area contributed by atoms with Gasteiger partial charge in [-0.1, -0.05) is 5.16 Å². The maximum absolute atomic E-state index is 5.19. The fourth-order valence-corrected chi connectivity index (χ4v) is 1.68. The van der Waals surface area contributed by atoms with Crippen LogP contribution < -0.4 is 5.32 Å². The largest absolute Gasteiger partial charge is 0.339 e. The Labute approximate surface area is 99.0 Å². The fraction of sp³-hybridized carbons (Fsp3) is 0.545. The Morgan fingerprint density at radius 3 is 3.12 bits per heavy atom. The first kappa shape index (κ1) is 10.5. The second-order valence-corrected chi connectivity index (χ2v) is 4.39. The van der Waals surface area contributed by atoms with Crippen LogP contribution in [0.3, 0.4) is 0 Å². The molecular weight excluding hydrogens is 218 g/mol. The van der Waals surface area contributed by atoms with E-state index in [0.717, 1.165) is 24.6 Å². The maximum atomic E-state index is 5.19. The van der Waals surface area contributed by atoms with E-state index in [1.54, 1.807) is 10.9 Å². The van der Waals surface area contributed by atoms with Crippen molar-refractivity contribution in [2.75, 3.05) is 6.54 Å². The van der Waals surface area contributed by atoms with Crippen LogP contribution in [-0.4, -0.2) is 32.5 Å². The van der Waals surface area contributed by atoms with Gasteiger partial charge in [-0.05, 0) is 12.8 Å². The van der Waals surface area contributed by atoms with Crippen molar-refractivity contribution in [3.05, 3.63) is 18.3 Å². The number of nitrogens with zero attached hydrogens (tertiary/aromatic N) is 4. The first-order chi connectivity index (χ1) is 8.31. The van der Waals surface area contributed by atoms with Crippen molar-refractivity contribution in [3.63, 3.8) is 0 Å². The highest BCUT2D eigenvalue weighted by Gasteiger charge is 2.20. The third kappa shape index (κ3) is 2.52. The summed E-state index contributed by atoms with van der Waals surface area (Å²) in [5.74, 6) is 1.29. The van der Waals surface area contributed by atoms with E-state index in [9.17, 15) is 0 Å². The van der Waals surface area contributed by atoms with Gasteiger partial charge in [-0.3, -0.25) is 4.68 Å². The molecule has 0 saturated heterocycles. The van der Waals surface area contributed by atoms with Crippen LogP contribution in [0.1, 0.15) is 18.7 Å². The third-order valence-corrected chi connectivity index (χ3v) is 2.78. The lowest BCUT2D eigenvalue weighted by atomic mass is 10.3. The summed E-state index contributed by atoms with van der Waals surface area (Å²) in [4.78, 5) is 4.34. The van der Waals surface area contributed by atoms with Gasteiger partial charge >= 0.3 is 0 Å². The lowest BCUT2D eigenvalue weighted by molar-refractivity contribution is 0.376. The minimum absolute atomic E-state index is 0.611. The quantitative estimate of drug-likeness (QED) is 0.826. The van der Waals surface area contributed by atoms with Gasteiger partial charge in [0.05, 0.1) is 11.8 Å². The summed E-state index contributed by atoms with van der Waals surface area (Å²) in [5.41, 5.74) is 0.887. The molecule has 0 atom stereocenters. The van der Waals surface area contributed by atoms with E-state index in [1.807, 2.05) is 13.2 Å². The number of nitrogens with one attached hydrogen (secondary N) is 1. The molecule has 1 aliphatic carbocycles. The van der Waals surface area contributed by atoms with Gasteiger partial charge in [-0.25, -0.2) is 0 Å². The maximum Gasteiger partial charge on any atom is 0.228 e. The zero-order chi connectivity index (χ0) is 11.7. The van der Waals surface area contributed by atoms with Crippen LogP contribution in [0.4, 0.5) is 0 Å². The van der Waals surface area contributed by atoms with Gasteiger partial charge in [0, 0.05) is 32.3 Å². The van der Waals surface area contributed by atoms with E-state index in [4.69, 9.17) is 4.52 Å². The zero-order valence-electron chi connectivity index (χ0n) is 9.76. The minimum Gasteiger partial charge on any atom is -0.339 e. The van der Waals surface area contributed by atoms with E-state index in [-0.39, 0.29) is 0 Å². The Hall–Kier alpha value is -1.69. The van der Waals surface area contributed by atoms with E-state index < -0.39 is 0 Å². The van der Waals surface area contributed by atoms with Crippen molar-refractivity contribution in [3.8, 4) is 11.4 Å². The van der Waals surface area contributed by atoms with Crippen molar-refractivity contribution in [1.29, 1.82) is 0 Å². The molecule has 1 saturated carbocycles. The van der Waals surface area contributed by atoms with Gasteiger partial charge in [-0.15, -0.1) is 0 Å². The average molecular weight is 233 g/mol. The molecule has 90 valence electrons. The molecule has 3 rings (SSSR count). The number of hydrogen-bond acceptors (Lipinski definition) is 5. The van der Waals surface area contributed by atoms with Crippen LogP contribution in [0.25, 0.3) is 11.4 Å². The molecule has 1 N–H and O–H groups in total. The van der Waals surface area contributed by atoms with E-state index >= 15 is 0 Å². The average Bonchev–Trinajstić information content (AvgIpc) is 2.85. The Morgan fingerprint density at radius 2 is 2.41 bits per heavy atom. The van der Waals surface area contributed by atoms with E-state index in [0.29, 0.717) is 11.7 Å². The van der Waals surface area contributed by atoms with Crippen LogP contribution in [0.5, 0.6) is 0 Å². The number of rotatable bonds is 5. The van der Waals surface area contributed by atoms with Crippen LogP contribution >= 0.6 is 0 Å². The lowest BCUT2D eigenvalue weighted by Crippen LogP contribution is -2.19. The van der Waals surface area contributed by atoms with E-state index in [2.05, 4.69) is 20.6 Å². The molecule has 1 fully saturated rings. The molecule has 0 aromatic carbocycles. The van der Waals surface area contributed by atoms with Crippen molar-refractivity contribution in [1.82, 2.24) is 25.2 Å². The molecule has 0 unspecified atom stereocenters. The Kier molecular flexibility index (Phi) is 2.64. The second-order valence-electron chi connectivity index (χ2n) is 4.39. The monoisotopic (exact) mass is 233 g/mol. The predicted molar refractivity (Wildman–Crippen MR) is 61.2 cm³/mol. The summed E-state index contributed by atoms with van der Waals surface area (Å²) >= 11 is 0. The van der Waals surface area contributed by atoms with Crippen LogP contribution in [0.15, 0.2) is 16.9 Å². The van der Waals surface area contributed by atoms with Crippen molar-refractivity contribution >= 4 is 0 Å². The molecule has 17 heavy (non-hydrogen) atoms. The standard InChI is InChI=1S/C11H15N5O/c1-16-7-8(6-13-16)11-14-10(17-15-11)4-5-12-9-2-3-9/h6-7,9,12H,2-5H2,1H3. The first-order valence-corrected chi connectivity index (χ1v) is 5.86. The predicted octanol–water partition coefficient (Wildman–Crippen LogP) is 0.765. The van der Waals surface area contributed by atoms with Gasteiger partial charge in [0.2, 0.25) is 11.7 Å². The van der Waals surface area contributed by atoms with Gasteiger partial charge in [0.15, 0.2) is 0 Å². The number of aromatic nitrogens is 4. The van der Waals surface area contributed by atoms with Gasteiger partial charge < -0.3 is 9.84 Å². The van der Waals surface area contributed by atoms with Gasteiger partial charge in [-0.2, -0.15) is 10.1 Å². The molecule has 1 aliphatic rings. The highest BCUT2D eigenvalue weighted by atomic mass is 16.5. The second kappa shape index (κ2) is 4.29. The van der Waals surface area contributed by atoms with Crippen molar-refractivity contribution in [2.24, 2.45) is 7.05 Å². The summed E-state index contributed by atoms with van der Waals surface area (Å²) < 4.78 is 6.91. The SMILES string of the molecule is Cn1cc(-c2noc(CCNC3CC3)n2)cn1. The molecule has 0 amide bonds. The van der Waals surface area contributed by atoms with Crippen molar-refractivity contribution < 1.29 is 4.52 Å². The summed E-state index contributed by atoms with van der Waals surface area (Å²) in [6.07, 6.45) is 6.98. The Balaban J connectivity index is 1.61. The molecule has 0 radical (unpaired) electrons. The molecule has 2 aromatic rings. The first-order valence-electron chi connectivity index (χ1n) is 5.86. The van der Waals surface area contributed by atoms with Crippen LogP contribution in [-0.2, 0) is 13.5 Å². The lowest BCUT2D eigenvalue weighted by Gasteiger charge is -1.96. The topological polar surface area (TPSA) is 68.8 Å². The normalized spacial score (nSPS) is 15.4. The molecule has 0 aliphatic heterocycles. The number of aryl methyl sites for hydroxylation is 1. The molecule has 0 bridgehead atoms. The number of hydrogen-bond donors (Lipinski definition) is 1. The summed E-state index contributed by atoms with van der Waals surface area (Å²) in [6.45, 7) is 0.902. The molecular formula is C11H15N5O. The summed E-state index contributed by atoms with van der Waals surface area (Å²) in [7, 11) is 1.87. The smallest absolute Gasteiger partial charge is 0.228 e.